The van der Waals surface area contributed by atoms with Crippen molar-refractivity contribution in [1.82, 2.24) is 4.98 Å². The molecule has 6 unspecified atom stereocenters. The monoisotopic (exact) mass is 407 g/mol. The van der Waals surface area contributed by atoms with Gasteiger partial charge in [-0.3, -0.25) is 9.78 Å². The molecular formula is C25H26FNO3. The standard InChI is InChI=1S/C25H26FNO3/c1-15-24-22(21-9-10-29-14-18(21)12-23(24)25(28)30-15)8-7-20-6-5-17(13-27-20)16-3-2-4-19(26)11-16/h2-8,11,13,15,18,21-24H,9-10,12,14H2,1H3/b8-7+. The zero-order valence-corrected chi connectivity index (χ0v) is 17.0. The molecule has 3 fully saturated rings. The summed E-state index contributed by atoms with van der Waals surface area (Å²) in [6.45, 7) is 3.54. The van der Waals surface area contributed by atoms with Crippen molar-refractivity contribution in [3.63, 3.8) is 0 Å². The van der Waals surface area contributed by atoms with Crippen molar-refractivity contribution < 1.29 is 18.7 Å². The highest BCUT2D eigenvalue weighted by Gasteiger charge is 2.54. The predicted octanol–water partition coefficient (Wildman–Crippen LogP) is 4.75. The molecule has 2 aromatic rings. The van der Waals surface area contributed by atoms with Crippen LogP contribution in [0.1, 0.15) is 25.5 Å². The highest BCUT2D eigenvalue weighted by Crippen LogP contribution is 2.51. The lowest BCUT2D eigenvalue weighted by Gasteiger charge is -2.45. The quantitative estimate of drug-likeness (QED) is 0.689. The van der Waals surface area contributed by atoms with Crippen LogP contribution in [0.3, 0.4) is 0 Å². The fourth-order valence-corrected chi connectivity index (χ4v) is 5.67. The van der Waals surface area contributed by atoms with Crippen LogP contribution in [-0.4, -0.2) is 30.3 Å². The highest BCUT2D eigenvalue weighted by molar-refractivity contribution is 5.75. The van der Waals surface area contributed by atoms with Gasteiger partial charge in [0.2, 0.25) is 0 Å². The van der Waals surface area contributed by atoms with Crippen LogP contribution in [0.2, 0.25) is 0 Å². The van der Waals surface area contributed by atoms with Crippen LogP contribution < -0.4 is 0 Å². The number of ether oxygens (including phenoxy) is 2. The van der Waals surface area contributed by atoms with Crippen molar-refractivity contribution in [3.05, 3.63) is 60.2 Å². The van der Waals surface area contributed by atoms with E-state index in [1.165, 1.54) is 12.1 Å². The van der Waals surface area contributed by atoms with Gasteiger partial charge in [0.15, 0.2) is 0 Å². The van der Waals surface area contributed by atoms with Crippen molar-refractivity contribution in [3.8, 4) is 11.1 Å². The molecule has 3 heterocycles. The van der Waals surface area contributed by atoms with E-state index < -0.39 is 0 Å². The van der Waals surface area contributed by atoms with Gasteiger partial charge in [0.05, 0.1) is 11.6 Å². The lowest BCUT2D eigenvalue weighted by atomic mass is 9.60. The molecule has 1 aromatic heterocycles. The molecule has 5 rings (SSSR count). The number of pyridine rings is 1. The Hall–Kier alpha value is -2.53. The van der Waals surface area contributed by atoms with Gasteiger partial charge in [-0.05, 0) is 67.4 Å². The normalized spacial score (nSPS) is 33.2. The summed E-state index contributed by atoms with van der Waals surface area (Å²) in [7, 11) is 0. The number of hydrogen-bond acceptors (Lipinski definition) is 4. The number of nitrogens with zero attached hydrogens (tertiary/aromatic N) is 1. The number of benzene rings is 1. The molecule has 2 saturated heterocycles. The Balaban J connectivity index is 1.39. The molecule has 3 aliphatic rings. The minimum Gasteiger partial charge on any atom is -0.462 e. The number of esters is 1. The van der Waals surface area contributed by atoms with E-state index in [0.29, 0.717) is 11.8 Å². The van der Waals surface area contributed by atoms with Gasteiger partial charge in [-0.25, -0.2) is 4.39 Å². The summed E-state index contributed by atoms with van der Waals surface area (Å²) in [4.78, 5) is 16.9. The molecule has 30 heavy (non-hydrogen) atoms. The number of allylic oxidation sites excluding steroid dienone is 1. The maximum absolute atomic E-state index is 13.5. The lowest BCUT2D eigenvalue weighted by Crippen LogP contribution is -2.45. The average Bonchev–Trinajstić information content (AvgIpc) is 3.05. The molecule has 2 aliphatic heterocycles. The second kappa shape index (κ2) is 7.95. The van der Waals surface area contributed by atoms with Crippen LogP contribution in [0.25, 0.3) is 17.2 Å². The summed E-state index contributed by atoms with van der Waals surface area (Å²) >= 11 is 0. The summed E-state index contributed by atoms with van der Waals surface area (Å²) in [5.74, 6) is 1.10. The third-order valence-electron chi connectivity index (χ3n) is 7.07. The third kappa shape index (κ3) is 3.56. The molecule has 0 amide bonds. The average molecular weight is 407 g/mol. The van der Waals surface area contributed by atoms with Gasteiger partial charge in [-0.2, -0.15) is 0 Å². The fourth-order valence-electron chi connectivity index (χ4n) is 5.67. The summed E-state index contributed by atoms with van der Waals surface area (Å²) in [6, 6.07) is 10.5. The maximum Gasteiger partial charge on any atom is 0.309 e. The van der Waals surface area contributed by atoms with Crippen LogP contribution >= 0.6 is 0 Å². The summed E-state index contributed by atoms with van der Waals surface area (Å²) in [5.41, 5.74) is 2.56. The maximum atomic E-state index is 13.5. The number of cyclic esters (lactones) is 1. The van der Waals surface area contributed by atoms with Gasteiger partial charge >= 0.3 is 5.97 Å². The number of aromatic nitrogens is 1. The van der Waals surface area contributed by atoms with Crippen molar-refractivity contribution in [1.29, 1.82) is 0 Å². The number of rotatable bonds is 3. The van der Waals surface area contributed by atoms with E-state index in [0.717, 1.165) is 42.9 Å². The van der Waals surface area contributed by atoms with Crippen LogP contribution in [0.15, 0.2) is 48.7 Å². The van der Waals surface area contributed by atoms with Gasteiger partial charge in [-0.15, -0.1) is 0 Å². The third-order valence-corrected chi connectivity index (χ3v) is 7.07. The molecule has 0 spiro atoms. The van der Waals surface area contributed by atoms with Gasteiger partial charge in [0, 0.05) is 30.9 Å². The topological polar surface area (TPSA) is 48.4 Å². The first-order valence-electron chi connectivity index (χ1n) is 10.8. The Labute approximate surface area is 176 Å². The molecule has 1 saturated carbocycles. The van der Waals surface area contributed by atoms with Crippen molar-refractivity contribution in [2.45, 2.75) is 25.9 Å². The van der Waals surface area contributed by atoms with E-state index in [2.05, 4.69) is 17.1 Å². The van der Waals surface area contributed by atoms with Crippen LogP contribution in [0.4, 0.5) is 4.39 Å². The van der Waals surface area contributed by atoms with Crippen LogP contribution in [0, 0.1) is 35.4 Å². The predicted molar refractivity (Wildman–Crippen MR) is 112 cm³/mol. The largest absolute Gasteiger partial charge is 0.462 e. The SMILES string of the molecule is CC1OC(=O)C2CC3COCCC3C(/C=C/c3ccc(-c4cccc(F)c4)cn3)C12. The van der Waals surface area contributed by atoms with Crippen LogP contribution in [-0.2, 0) is 14.3 Å². The van der Waals surface area contributed by atoms with Gasteiger partial charge < -0.3 is 9.47 Å². The van der Waals surface area contributed by atoms with E-state index in [9.17, 15) is 9.18 Å². The van der Waals surface area contributed by atoms with Crippen molar-refractivity contribution in [2.75, 3.05) is 13.2 Å². The fraction of sp³-hybridized carbons (Fsp3) is 0.440. The Morgan fingerprint density at radius 1 is 1.20 bits per heavy atom. The number of carbonyl (C=O) groups is 1. The molecular weight excluding hydrogens is 381 g/mol. The zero-order valence-electron chi connectivity index (χ0n) is 17.0. The highest BCUT2D eigenvalue weighted by atomic mass is 19.1. The van der Waals surface area contributed by atoms with E-state index in [-0.39, 0.29) is 35.6 Å². The number of halogens is 1. The van der Waals surface area contributed by atoms with Gasteiger partial charge in [0.25, 0.3) is 0 Å². The van der Waals surface area contributed by atoms with Crippen molar-refractivity contribution in [2.24, 2.45) is 29.6 Å². The summed E-state index contributed by atoms with van der Waals surface area (Å²) < 4.78 is 24.8. The minimum atomic E-state index is -0.253. The molecule has 4 nitrogen and oxygen atoms in total. The Morgan fingerprint density at radius 3 is 2.90 bits per heavy atom. The number of fused-ring (bicyclic) bond motifs is 2. The second-order valence-corrected chi connectivity index (χ2v) is 8.77. The molecule has 0 bridgehead atoms. The molecule has 1 aromatic carbocycles. The van der Waals surface area contributed by atoms with Gasteiger partial charge in [0.1, 0.15) is 11.9 Å². The number of carbonyl (C=O) groups excluding carboxylic acids is 1. The first-order valence-corrected chi connectivity index (χ1v) is 10.8. The Kier molecular flexibility index (Phi) is 5.15. The summed E-state index contributed by atoms with van der Waals surface area (Å²) in [6.07, 6.45) is 7.93. The van der Waals surface area contributed by atoms with Gasteiger partial charge in [-0.1, -0.05) is 24.3 Å². The number of hydrogen-bond donors (Lipinski definition) is 0. The molecule has 0 radical (unpaired) electrons. The molecule has 1 aliphatic carbocycles. The smallest absolute Gasteiger partial charge is 0.309 e. The zero-order chi connectivity index (χ0) is 20.7. The van der Waals surface area contributed by atoms with E-state index in [1.54, 1.807) is 12.3 Å². The first kappa shape index (κ1) is 19.4. The minimum absolute atomic E-state index is 0.0269. The van der Waals surface area contributed by atoms with Crippen LogP contribution in [0.5, 0.6) is 0 Å². The van der Waals surface area contributed by atoms with E-state index >= 15 is 0 Å². The second-order valence-electron chi connectivity index (χ2n) is 8.77. The Morgan fingerprint density at radius 2 is 2.10 bits per heavy atom. The lowest BCUT2D eigenvalue weighted by molar-refractivity contribution is -0.144. The van der Waals surface area contributed by atoms with Crippen molar-refractivity contribution >= 4 is 12.0 Å². The molecule has 0 N–H and O–H groups in total. The molecule has 156 valence electrons. The Bertz CT molecular complexity index is 957. The first-order chi connectivity index (χ1) is 14.6. The van der Waals surface area contributed by atoms with E-state index in [4.69, 9.17) is 9.47 Å². The van der Waals surface area contributed by atoms with E-state index in [1.807, 2.05) is 25.1 Å². The molecule has 6 atom stereocenters. The summed E-state index contributed by atoms with van der Waals surface area (Å²) in [5, 5.41) is 0. The molecule has 5 heteroatoms.